The number of rotatable bonds is 4. The fourth-order valence-corrected chi connectivity index (χ4v) is 3.42. The van der Waals surface area contributed by atoms with Gasteiger partial charge in [-0.1, -0.05) is 5.16 Å². The monoisotopic (exact) mass is 392 g/mol. The third kappa shape index (κ3) is 3.63. The number of nitrogens with one attached hydrogen (secondary N) is 1. The molecule has 0 unspecified atom stereocenters. The minimum atomic E-state index is -0.217. The number of H-pyrrole nitrogens is 1. The number of aromatic amines is 1. The molecule has 1 aliphatic heterocycles. The highest BCUT2D eigenvalue weighted by Gasteiger charge is 2.30. The molecule has 1 amide bonds. The lowest BCUT2D eigenvalue weighted by Crippen LogP contribution is -2.49. The molecule has 148 valence electrons. The molecule has 1 aliphatic carbocycles. The summed E-state index contributed by atoms with van der Waals surface area (Å²) >= 11 is 0. The van der Waals surface area contributed by atoms with Gasteiger partial charge in [-0.3, -0.25) is 9.59 Å². The normalized spacial score (nSPS) is 16.8. The molecule has 9 nitrogen and oxygen atoms in total. The lowest BCUT2D eigenvalue weighted by molar-refractivity contribution is 0.0746. The summed E-state index contributed by atoms with van der Waals surface area (Å²) in [5.41, 5.74) is 1.10. The number of anilines is 1. The minimum Gasteiger partial charge on any atom is -0.353 e. The molecule has 0 atom stereocenters. The minimum absolute atomic E-state index is 0.0761. The first-order valence-corrected chi connectivity index (χ1v) is 9.70. The largest absolute Gasteiger partial charge is 0.353 e. The molecule has 0 aromatic carbocycles. The van der Waals surface area contributed by atoms with Gasteiger partial charge in [-0.15, -0.1) is 0 Å². The number of carbonyl (C=O) groups excluding carboxylic acids is 1. The van der Waals surface area contributed by atoms with Crippen molar-refractivity contribution < 1.29 is 9.32 Å². The Balaban J connectivity index is 1.21. The van der Waals surface area contributed by atoms with Crippen LogP contribution in [-0.4, -0.2) is 57.1 Å². The molecule has 0 spiro atoms. The van der Waals surface area contributed by atoms with Gasteiger partial charge in [0.2, 0.25) is 17.3 Å². The highest BCUT2D eigenvalue weighted by molar-refractivity contribution is 5.94. The SMILES string of the molecule is O=C(c1ccc(=O)[nH]c1)N1CCN(c2ccc(-c3noc(C4CC4)n3)cn2)CC1. The Morgan fingerprint density at radius 1 is 1.10 bits per heavy atom. The molecular formula is C20H20N6O3. The Morgan fingerprint density at radius 2 is 1.93 bits per heavy atom. The zero-order valence-electron chi connectivity index (χ0n) is 15.7. The van der Waals surface area contributed by atoms with Crippen LogP contribution in [0, 0.1) is 0 Å². The molecular weight excluding hydrogens is 372 g/mol. The van der Waals surface area contributed by atoms with Crippen LogP contribution >= 0.6 is 0 Å². The van der Waals surface area contributed by atoms with E-state index in [2.05, 4.69) is 25.0 Å². The second-order valence-electron chi connectivity index (χ2n) is 7.36. The standard InChI is InChI=1S/C20H20N6O3/c27-17-6-4-15(12-22-17)20(28)26-9-7-25(8-10-26)16-5-3-14(11-21-16)18-23-19(29-24-18)13-1-2-13/h3-6,11-13H,1-2,7-10H2,(H,22,27). The molecule has 0 bridgehead atoms. The molecule has 0 radical (unpaired) electrons. The van der Waals surface area contributed by atoms with Gasteiger partial charge in [0.25, 0.3) is 5.91 Å². The van der Waals surface area contributed by atoms with E-state index in [1.807, 2.05) is 12.1 Å². The van der Waals surface area contributed by atoms with Crippen molar-refractivity contribution in [3.63, 3.8) is 0 Å². The molecule has 2 aliphatic rings. The molecule has 1 saturated carbocycles. The van der Waals surface area contributed by atoms with E-state index in [1.54, 1.807) is 17.2 Å². The average molecular weight is 392 g/mol. The van der Waals surface area contributed by atoms with E-state index in [0.717, 1.165) is 24.2 Å². The van der Waals surface area contributed by atoms with Gasteiger partial charge in [0.15, 0.2) is 0 Å². The van der Waals surface area contributed by atoms with Gasteiger partial charge in [0, 0.05) is 56.1 Å². The van der Waals surface area contributed by atoms with Gasteiger partial charge in [-0.05, 0) is 31.0 Å². The molecule has 29 heavy (non-hydrogen) atoms. The number of aromatic nitrogens is 4. The summed E-state index contributed by atoms with van der Waals surface area (Å²) in [7, 11) is 0. The molecule has 2 fully saturated rings. The van der Waals surface area contributed by atoms with Crippen molar-refractivity contribution in [3.05, 3.63) is 58.5 Å². The van der Waals surface area contributed by atoms with Crippen LogP contribution in [0.25, 0.3) is 11.4 Å². The first kappa shape index (κ1) is 17.6. The molecule has 3 aromatic rings. The highest BCUT2D eigenvalue weighted by atomic mass is 16.5. The fourth-order valence-electron chi connectivity index (χ4n) is 3.42. The van der Waals surface area contributed by atoms with E-state index in [1.165, 1.54) is 12.3 Å². The predicted molar refractivity (Wildman–Crippen MR) is 105 cm³/mol. The van der Waals surface area contributed by atoms with Crippen molar-refractivity contribution in [3.8, 4) is 11.4 Å². The predicted octanol–water partition coefficient (Wildman–Crippen LogP) is 1.66. The van der Waals surface area contributed by atoms with E-state index in [-0.39, 0.29) is 11.5 Å². The van der Waals surface area contributed by atoms with Crippen LogP contribution in [0.3, 0.4) is 0 Å². The maximum atomic E-state index is 12.6. The van der Waals surface area contributed by atoms with Gasteiger partial charge >= 0.3 is 0 Å². The third-order valence-electron chi connectivity index (χ3n) is 5.30. The molecule has 1 N–H and O–H groups in total. The van der Waals surface area contributed by atoms with Crippen LogP contribution in [0.1, 0.15) is 35.0 Å². The summed E-state index contributed by atoms with van der Waals surface area (Å²) in [4.78, 5) is 39.2. The summed E-state index contributed by atoms with van der Waals surface area (Å²) in [6.45, 7) is 2.57. The Bertz CT molecular complexity index is 1060. The van der Waals surface area contributed by atoms with Crippen LogP contribution in [0.15, 0.2) is 46.0 Å². The molecule has 9 heteroatoms. The van der Waals surface area contributed by atoms with Crippen molar-refractivity contribution in [1.82, 2.24) is 25.0 Å². The van der Waals surface area contributed by atoms with Crippen LogP contribution in [0.2, 0.25) is 0 Å². The van der Waals surface area contributed by atoms with E-state index in [0.29, 0.717) is 49.4 Å². The molecule has 3 aromatic heterocycles. The third-order valence-corrected chi connectivity index (χ3v) is 5.30. The van der Waals surface area contributed by atoms with Gasteiger partial charge in [0.05, 0.1) is 5.56 Å². The van der Waals surface area contributed by atoms with Crippen LogP contribution in [0.5, 0.6) is 0 Å². The second-order valence-corrected chi connectivity index (χ2v) is 7.36. The Hall–Kier alpha value is -3.49. The summed E-state index contributed by atoms with van der Waals surface area (Å²) in [5, 5.41) is 4.05. The summed E-state index contributed by atoms with van der Waals surface area (Å²) in [6, 6.07) is 6.82. The number of amides is 1. The van der Waals surface area contributed by atoms with Gasteiger partial charge < -0.3 is 19.3 Å². The Kier molecular flexibility index (Phi) is 4.34. The van der Waals surface area contributed by atoms with Crippen LogP contribution in [-0.2, 0) is 0 Å². The average Bonchev–Trinajstić information content (AvgIpc) is 3.51. The van der Waals surface area contributed by atoms with E-state index >= 15 is 0 Å². The quantitative estimate of drug-likeness (QED) is 0.719. The van der Waals surface area contributed by atoms with Gasteiger partial charge in [-0.2, -0.15) is 4.98 Å². The molecule has 1 saturated heterocycles. The Morgan fingerprint density at radius 3 is 2.59 bits per heavy atom. The number of hydrogen-bond donors (Lipinski definition) is 1. The zero-order valence-corrected chi connectivity index (χ0v) is 15.7. The highest BCUT2D eigenvalue weighted by Crippen LogP contribution is 2.39. The Labute approximate surface area is 166 Å². The number of pyridine rings is 2. The van der Waals surface area contributed by atoms with Crippen molar-refractivity contribution >= 4 is 11.7 Å². The maximum absolute atomic E-state index is 12.6. The van der Waals surface area contributed by atoms with E-state index in [4.69, 9.17) is 4.52 Å². The van der Waals surface area contributed by atoms with Crippen LogP contribution in [0.4, 0.5) is 5.82 Å². The van der Waals surface area contributed by atoms with Gasteiger partial charge in [0.1, 0.15) is 5.82 Å². The fraction of sp³-hybridized carbons (Fsp3) is 0.350. The van der Waals surface area contributed by atoms with Crippen molar-refractivity contribution in [1.29, 1.82) is 0 Å². The number of carbonyl (C=O) groups is 1. The number of nitrogens with zero attached hydrogens (tertiary/aromatic N) is 5. The lowest BCUT2D eigenvalue weighted by Gasteiger charge is -2.35. The van der Waals surface area contributed by atoms with E-state index in [9.17, 15) is 9.59 Å². The molecule has 5 rings (SSSR count). The van der Waals surface area contributed by atoms with Crippen molar-refractivity contribution in [2.24, 2.45) is 0 Å². The topological polar surface area (TPSA) is 108 Å². The second kappa shape index (κ2) is 7.16. The number of piperazine rings is 1. The molecule has 4 heterocycles. The number of hydrogen-bond acceptors (Lipinski definition) is 7. The van der Waals surface area contributed by atoms with Crippen molar-refractivity contribution in [2.75, 3.05) is 31.1 Å². The first-order valence-electron chi connectivity index (χ1n) is 9.70. The maximum Gasteiger partial charge on any atom is 0.255 e. The first-order chi connectivity index (χ1) is 14.2. The summed E-state index contributed by atoms with van der Waals surface area (Å²) in [6.07, 6.45) is 5.46. The summed E-state index contributed by atoms with van der Waals surface area (Å²) < 4.78 is 5.31. The van der Waals surface area contributed by atoms with Gasteiger partial charge in [-0.25, -0.2) is 4.98 Å². The smallest absolute Gasteiger partial charge is 0.255 e. The lowest BCUT2D eigenvalue weighted by atomic mass is 10.2. The van der Waals surface area contributed by atoms with E-state index < -0.39 is 0 Å². The zero-order chi connectivity index (χ0) is 19.8. The van der Waals surface area contributed by atoms with Crippen LogP contribution < -0.4 is 10.5 Å². The summed E-state index contributed by atoms with van der Waals surface area (Å²) in [5.74, 6) is 2.50. The van der Waals surface area contributed by atoms with Crippen molar-refractivity contribution in [2.45, 2.75) is 18.8 Å².